The first kappa shape index (κ1) is 14.2. The van der Waals surface area contributed by atoms with Crippen LogP contribution in [0, 0.1) is 0 Å². The molecule has 1 aliphatic heterocycles. The van der Waals surface area contributed by atoms with Crippen LogP contribution in [0.2, 0.25) is 0 Å². The fourth-order valence-corrected chi connectivity index (χ4v) is 2.51. The van der Waals surface area contributed by atoms with Crippen LogP contribution >= 0.6 is 0 Å². The van der Waals surface area contributed by atoms with Crippen LogP contribution in [0.4, 0.5) is 5.69 Å². The maximum absolute atomic E-state index is 12.3. The summed E-state index contributed by atoms with van der Waals surface area (Å²) in [5.74, 6) is 0.861. The molecule has 0 atom stereocenters. The monoisotopic (exact) mass is 327 g/mol. The zero-order chi connectivity index (χ0) is 16.7. The van der Waals surface area contributed by atoms with Gasteiger partial charge < -0.3 is 14.8 Å². The van der Waals surface area contributed by atoms with Gasteiger partial charge in [0.25, 0.3) is 5.56 Å². The minimum Gasteiger partial charge on any atom is -0.454 e. The Morgan fingerprint density at radius 3 is 3.04 bits per heavy atom. The number of aromatic nitrogens is 4. The summed E-state index contributed by atoms with van der Waals surface area (Å²) in [5.41, 5.74) is 0.731. The normalized spacial score (nSPS) is 12.5. The third-order valence-electron chi connectivity index (χ3n) is 3.69. The van der Waals surface area contributed by atoms with Crippen LogP contribution in [0.5, 0.6) is 11.5 Å². The van der Waals surface area contributed by atoms with Gasteiger partial charge in [-0.15, -0.1) is 0 Å². The second-order valence-electron chi connectivity index (χ2n) is 5.30. The van der Waals surface area contributed by atoms with Crippen LogP contribution in [0.3, 0.4) is 0 Å². The molecule has 4 rings (SSSR count). The van der Waals surface area contributed by atoms with Gasteiger partial charge in [-0.2, -0.15) is 5.10 Å². The summed E-state index contributed by atoms with van der Waals surface area (Å²) in [4.78, 5) is 28.7. The number of benzene rings is 1. The van der Waals surface area contributed by atoms with E-state index in [9.17, 15) is 9.59 Å². The number of aryl methyl sites for hydroxylation is 1. The Hall–Kier alpha value is -3.36. The van der Waals surface area contributed by atoms with Crippen molar-refractivity contribution in [2.45, 2.75) is 6.54 Å². The zero-order valence-corrected chi connectivity index (χ0v) is 12.7. The molecule has 1 N–H and O–H groups in total. The van der Waals surface area contributed by atoms with Gasteiger partial charge in [-0.3, -0.25) is 18.8 Å². The fraction of sp³-hybridized carbons (Fsp3) is 0.200. The topological polar surface area (TPSA) is 100 Å². The molecular weight excluding hydrogens is 314 g/mol. The van der Waals surface area contributed by atoms with Gasteiger partial charge in [-0.1, -0.05) is 0 Å². The minimum absolute atomic E-state index is 0.148. The van der Waals surface area contributed by atoms with E-state index < -0.39 is 0 Å². The van der Waals surface area contributed by atoms with E-state index in [1.54, 1.807) is 25.2 Å². The van der Waals surface area contributed by atoms with Crippen LogP contribution in [-0.4, -0.2) is 32.0 Å². The Morgan fingerprint density at radius 1 is 1.33 bits per heavy atom. The van der Waals surface area contributed by atoms with Crippen molar-refractivity contribution < 1.29 is 14.3 Å². The molecule has 24 heavy (non-hydrogen) atoms. The summed E-state index contributed by atoms with van der Waals surface area (Å²) in [6.45, 7) is 0.0179. The number of nitrogens with zero attached hydrogens (tertiary/aromatic N) is 4. The molecule has 1 aliphatic rings. The molecule has 0 aliphatic carbocycles. The first-order chi connectivity index (χ1) is 11.6. The van der Waals surface area contributed by atoms with Crippen LogP contribution in [0.15, 0.2) is 35.5 Å². The van der Waals surface area contributed by atoms with Gasteiger partial charge in [0.2, 0.25) is 12.7 Å². The summed E-state index contributed by atoms with van der Waals surface area (Å²) in [7, 11) is 1.70. The lowest BCUT2D eigenvalue weighted by Crippen LogP contribution is -2.27. The van der Waals surface area contributed by atoms with Crippen LogP contribution in [0.1, 0.15) is 0 Å². The van der Waals surface area contributed by atoms with Gasteiger partial charge >= 0.3 is 0 Å². The first-order valence-electron chi connectivity index (χ1n) is 7.18. The summed E-state index contributed by atoms with van der Waals surface area (Å²) in [6.07, 6.45) is 2.78. The highest BCUT2D eigenvalue weighted by Gasteiger charge is 2.15. The van der Waals surface area contributed by atoms with Crippen molar-refractivity contribution in [3.8, 4) is 11.5 Å². The zero-order valence-electron chi connectivity index (χ0n) is 12.7. The van der Waals surface area contributed by atoms with Crippen LogP contribution in [-0.2, 0) is 18.4 Å². The van der Waals surface area contributed by atoms with Gasteiger partial charge in [0.05, 0.1) is 6.20 Å². The minimum atomic E-state index is -0.346. The van der Waals surface area contributed by atoms with Crippen molar-refractivity contribution in [2.75, 3.05) is 12.1 Å². The van der Waals surface area contributed by atoms with E-state index in [2.05, 4.69) is 15.4 Å². The molecule has 122 valence electrons. The third-order valence-corrected chi connectivity index (χ3v) is 3.69. The number of amides is 1. The lowest BCUT2D eigenvalue weighted by Gasteiger charge is -2.08. The maximum atomic E-state index is 12.3. The number of hydrogen-bond acceptors (Lipinski definition) is 6. The molecule has 3 aromatic rings. The number of anilines is 1. The summed E-state index contributed by atoms with van der Waals surface area (Å²) in [6, 6.07) is 5.09. The predicted octanol–water partition coefficient (Wildman–Crippen LogP) is 0.497. The molecule has 1 amide bonds. The SMILES string of the molecule is Cn1ncc2c(=O)n(CC(=O)Nc3ccc4c(c3)OCO4)cnc21. The van der Waals surface area contributed by atoms with Crippen molar-refractivity contribution >= 4 is 22.6 Å². The molecule has 9 nitrogen and oxygen atoms in total. The summed E-state index contributed by atoms with van der Waals surface area (Å²) >= 11 is 0. The molecule has 0 fully saturated rings. The molecule has 0 bridgehead atoms. The third kappa shape index (κ3) is 2.35. The van der Waals surface area contributed by atoms with Crippen molar-refractivity contribution in [2.24, 2.45) is 7.05 Å². The first-order valence-corrected chi connectivity index (χ1v) is 7.18. The summed E-state index contributed by atoms with van der Waals surface area (Å²) < 4.78 is 13.2. The average molecular weight is 327 g/mol. The van der Waals surface area contributed by atoms with Gasteiger partial charge in [0.1, 0.15) is 18.3 Å². The highest BCUT2D eigenvalue weighted by atomic mass is 16.7. The largest absolute Gasteiger partial charge is 0.454 e. The number of carbonyl (C=O) groups is 1. The van der Waals surface area contributed by atoms with Crippen LogP contribution < -0.4 is 20.3 Å². The lowest BCUT2D eigenvalue weighted by atomic mass is 10.3. The molecule has 2 aromatic heterocycles. The molecule has 1 aromatic carbocycles. The number of fused-ring (bicyclic) bond motifs is 2. The Morgan fingerprint density at radius 2 is 2.17 bits per heavy atom. The van der Waals surface area contributed by atoms with Gasteiger partial charge in [0, 0.05) is 18.8 Å². The number of carbonyl (C=O) groups excluding carboxylic acids is 1. The van der Waals surface area contributed by atoms with Crippen molar-refractivity contribution in [3.63, 3.8) is 0 Å². The molecule has 0 spiro atoms. The Balaban J connectivity index is 1.54. The van der Waals surface area contributed by atoms with E-state index in [-0.39, 0.29) is 24.8 Å². The molecule has 0 saturated heterocycles. The Bertz CT molecular complexity index is 1010. The number of ether oxygens (including phenoxy) is 2. The smallest absolute Gasteiger partial charge is 0.264 e. The van der Waals surface area contributed by atoms with Gasteiger partial charge in [0.15, 0.2) is 17.1 Å². The van der Waals surface area contributed by atoms with Crippen molar-refractivity contribution in [3.05, 3.63) is 41.1 Å². The Kier molecular flexibility index (Phi) is 3.19. The molecule has 0 saturated carbocycles. The van der Waals surface area contributed by atoms with E-state index in [0.29, 0.717) is 28.2 Å². The average Bonchev–Trinajstić information content (AvgIpc) is 3.17. The molecule has 3 heterocycles. The second kappa shape index (κ2) is 5.37. The second-order valence-corrected chi connectivity index (χ2v) is 5.30. The maximum Gasteiger partial charge on any atom is 0.264 e. The van der Waals surface area contributed by atoms with Crippen molar-refractivity contribution in [1.82, 2.24) is 19.3 Å². The molecular formula is C15H13N5O4. The highest BCUT2D eigenvalue weighted by Crippen LogP contribution is 2.34. The fourth-order valence-electron chi connectivity index (χ4n) is 2.51. The number of nitrogens with one attached hydrogen (secondary N) is 1. The Labute approximate surface area is 135 Å². The van der Waals surface area contributed by atoms with Crippen molar-refractivity contribution in [1.29, 1.82) is 0 Å². The lowest BCUT2D eigenvalue weighted by molar-refractivity contribution is -0.116. The predicted molar refractivity (Wildman–Crippen MR) is 84.0 cm³/mol. The van der Waals surface area contributed by atoms with Gasteiger partial charge in [-0.05, 0) is 12.1 Å². The van der Waals surface area contributed by atoms with E-state index >= 15 is 0 Å². The van der Waals surface area contributed by atoms with E-state index in [1.807, 2.05) is 0 Å². The quantitative estimate of drug-likeness (QED) is 0.752. The molecule has 0 radical (unpaired) electrons. The standard InChI is InChI=1S/C15H13N5O4/c1-19-14-10(5-17-19)15(22)20(7-16-14)6-13(21)18-9-2-3-11-12(4-9)24-8-23-11/h2-5,7H,6,8H2,1H3,(H,18,21). The van der Waals surface area contributed by atoms with Gasteiger partial charge in [-0.25, -0.2) is 4.98 Å². The van der Waals surface area contributed by atoms with E-state index in [4.69, 9.17) is 9.47 Å². The number of hydrogen-bond donors (Lipinski definition) is 1. The van der Waals surface area contributed by atoms with E-state index in [0.717, 1.165) is 0 Å². The van der Waals surface area contributed by atoms with E-state index in [1.165, 1.54) is 21.8 Å². The molecule has 0 unspecified atom stereocenters. The van der Waals surface area contributed by atoms with Crippen LogP contribution in [0.25, 0.3) is 11.0 Å². The molecule has 9 heteroatoms. The summed E-state index contributed by atoms with van der Waals surface area (Å²) in [5, 5.41) is 7.08. The highest BCUT2D eigenvalue weighted by molar-refractivity contribution is 5.91. The number of rotatable bonds is 3.